The summed E-state index contributed by atoms with van der Waals surface area (Å²) in [7, 11) is -3.46. The van der Waals surface area contributed by atoms with Crippen molar-refractivity contribution in [1.29, 1.82) is 0 Å². The summed E-state index contributed by atoms with van der Waals surface area (Å²) in [5.74, 6) is 0. The molecule has 2 atom stereocenters. The van der Waals surface area contributed by atoms with Gasteiger partial charge in [0.25, 0.3) is 0 Å². The van der Waals surface area contributed by atoms with Crippen LogP contribution in [0.2, 0.25) is 10.1 Å². The first kappa shape index (κ1) is 19.1. The topological polar surface area (TPSA) is 55.4 Å². The quantitative estimate of drug-likeness (QED) is 0.608. The van der Waals surface area contributed by atoms with Crippen molar-refractivity contribution in [3.8, 4) is 0 Å². The molecule has 0 saturated carbocycles. The predicted octanol–water partition coefficient (Wildman–Crippen LogP) is 2.40. The van der Waals surface area contributed by atoms with Gasteiger partial charge in [-0.2, -0.15) is 0 Å². The SMILES string of the molecule is Cc1ccc(S(=O)(=O)N[C@H]2C[Se][Se][C@H]2COCc2ccccc2)cc1. The van der Waals surface area contributed by atoms with Crippen LogP contribution in [-0.2, 0) is 21.4 Å². The zero-order valence-electron chi connectivity index (χ0n) is 13.9. The van der Waals surface area contributed by atoms with E-state index in [0.717, 1.165) is 16.4 Å². The average Bonchev–Trinajstić information content (AvgIpc) is 3.03. The molecule has 1 heterocycles. The fourth-order valence-corrected chi connectivity index (χ4v) is 13.7. The van der Waals surface area contributed by atoms with Crippen molar-refractivity contribution < 1.29 is 13.2 Å². The van der Waals surface area contributed by atoms with Crippen LogP contribution in [-0.4, -0.2) is 47.3 Å². The summed E-state index contributed by atoms with van der Waals surface area (Å²) in [5, 5.41) is 0.956. The molecule has 0 spiro atoms. The van der Waals surface area contributed by atoms with Gasteiger partial charge in [-0.15, -0.1) is 0 Å². The molecule has 1 N–H and O–H groups in total. The fourth-order valence-electron chi connectivity index (χ4n) is 2.48. The van der Waals surface area contributed by atoms with Crippen LogP contribution in [0.15, 0.2) is 59.5 Å². The normalized spacial score (nSPS) is 20.7. The van der Waals surface area contributed by atoms with Crippen molar-refractivity contribution in [2.24, 2.45) is 0 Å². The number of hydrogen-bond donors (Lipinski definition) is 1. The monoisotopic (exact) mass is 491 g/mol. The molecule has 0 aliphatic carbocycles. The molecule has 7 heteroatoms. The van der Waals surface area contributed by atoms with Gasteiger partial charge in [-0.1, -0.05) is 0 Å². The standard InChI is InChI=1S/C18H21NO3SSe2/c1-14-7-9-16(10-8-14)23(20,21)19-17-13-24-25-18(17)12-22-11-15-5-3-2-4-6-15/h2-10,17-19H,11-13H2,1H3/t17-,18-/m0/s1. The Kier molecular flexibility index (Phi) is 6.75. The molecule has 0 bridgehead atoms. The van der Waals surface area contributed by atoms with Crippen molar-refractivity contribution in [2.45, 2.75) is 34.6 Å². The van der Waals surface area contributed by atoms with E-state index in [1.165, 1.54) is 0 Å². The zero-order chi connectivity index (χ0) is 17.7. The summed E-state index contributed by atoms with van der Waals surface area (Å²) in [6.07, 6.45) is 0. The van der Waals surface area contributed by atoms with E-state index in [4.69, 9.17) is 4.74 Å². The molecule has 4 nitrogen and oxygen atoms in total. The van der Waals surface area contributed by atoms with Crippen molar-refractivity contribution >= 4 is 36.3 Å². The number of sulfonamides is 1. The van der Waals surface area contributed by atoms with Gasteiger partial charge in [-0.3, -0.25) is 0 Å². The maximum absolute atomic E-state index is 12.6. The van der Waals surface area contributed by atoms with Gasteiger partial charge in [0.05, 0.1) is 0 Å². The van der Waals surface area contributed by atoms with Gasteiger partial charge < -0.3 is 0 Å². The van der Waals surface area contributed by atoms with E-state index in [-0.39, 0.29) is 6.04 Å². The van der Waals surface area contributed by atoms with Crippen molar-refractivity contribution in [3.05, 3.63) is 65.7 Å². The summed E-state index contributed by atoms with van der Waals surface area (Å²) in [4.78, 5) is 0.658. The van der Waals surface area contributed by atoms with Crippen molar-refractivity contribution in [3.63, 3.8) is 0 Å². The van der Waals surface area contributed by atoms with Crippen LogP contribution in [0.25, 0.3) is 0 Å². The molecule has 2 aromatic rings. The molecule has 25 heavy (non-hydrogen) atoms. The molecule has 2 aromatic carbocycles. The average molecular weight is 489 g/mol. The first-order chi connectivity index (χ1) is 12.0. The van der Waals surface area contributed by atoms with Gasteiger partial charge in [0, 0.05) is 0 Å². The van der Waals surface area contributed by atoms with Gasteiger partial charge in [0.15, 0.2) is 0 Å². The molecule has 134 valence electrons. The second kappa shape index (κ2) is 8.83. The van der Waals surface area contributed by atoms with Gasteiger partial charge in [-0.25, -0.2) is 0 Å². The van der Waals surface area contributed by atoms with Crippen LogP contribution in [0.5, 0.6) is 0 Å². The molecule has 1 fully saturated rings. The Morgan fingerprint density at radius 3 is 2.56 bits per heavy atom. The van der Waals surface area contributed by atoms with E-state index in [9.17, 15) is 8.42 Å². The second-order valence-electron chi connectivity index (χ2n) is 5.96. The van der Waals surface area contributed by atoms with Crippen LogP contribution in [0, 0.1) is 6.92 Å². The molecule has 1 aliphatic rings. The second-order valence-corrected chi connectivity index (χ2v) is 15.2. The Hall–Kier alpha value is -0.651. The minimum atomic E-state index is -3.46. The first-order valence-corrected chi connectivity index (χ1v) is 16.1. The fraction of sp³-hybridized carbons (Fsp3) is 0.333. The van der Waals surface area contributed by atoms with Gasteiger partial charge in [0.2, 0.25) is 0 Å². The third-order valence-electron chi connectivity index (χ3n) is 3.92. The van der Waals surface area contributed by atoms with Crippen molar-refractivity contribution in [1.82, 2.24) is 4.72 Å². The summed E-state index contributed by atoms with van der Waals surface area (Å²) >= 11 is 1.01. The van der Waals surface area contributed by atoms with Crippen LogP contribution < -0.4 is 4.72 Å². The van der Waals surface area contributed by atoms with Crippen molar-refractivity contribution in [2.75, 3.05) is 6.61 Å². The molecule has 0 amide bonds. The molecule has 1 aliphatic heterocycles. The Labute approximate surface area is 160 Å². The Morgan fingerprint density at radius 2 is 1.84 bits per heavy atom. The van der Waals surface area contributed by atoms with Gasteiger partial charge >= 0.3 is 161 Å². The summed E-state index contributed by atoms with van der Waals surface area (Å²) in [6.45, 7) is 3.15. The predicted molar refractivity (Wildman–Crippen MR) is 101 cm³/mol. The summed E-state index contributed by atoms with van der Waals surface area (Å²) in [5.41, 5.74) is 2.20. The van der Waals surface area contributed by atoms with E-state index < -0.39 is 10.0 Å². The van der Waals surface area contributed by atoms with Gasteiger partial charge in [0.1, 0.15) is 0 Å². The molecule has 0 unspecified atom stereocenters. The summed E-state index contributed by atoms with van der Waals surface area (Å²) in [6, 6.07) is 17.1. The Balaban J connectivity index is 1.57. The molecule has 0 radical (unpaired) electrons. The van der Waals surface area contributed by atoms with Crippen LogP contribution >= 0.6 is 0 Å². The minimum absolute atomic E-state index is 0.00192. The number of benzene rings is 2. The van der Waals surface area contributed by atoms with Gasteiger partial charge in [-0.05, 0) is 0 Å². The third-order valence-corrected chi connectivity index (χ3v) is 13.9. The molecular formula is C18H21NO3SSe2. The Bertz CT molecular complexity index is 782. The van der Waals surface area contributed by atoms with E-state index in [1.807, 2.05) is 49.4 Å². The number of nitrogens with one attached hydrogen (secondary N) is 1. The number of ether oxygens (including phenoxy) is 1. The molecule has 0 aromatic heterocycles. The van der Waals surface area contributed by atoms with E-state index in [0.29, 0.717) is 49.2 Å². The zero-order valence-corrected chi connectivity index (χ0v) is 18.2. The molecule has 1 saturated heterocycles. The number of rotatable bonds is 7. The Morgan fingerprint density at radius 1 is 1.12 bits per heavy atom. The number of aryl methyl sites for hydroxylation is 1. The molecular weight excluding hydrogens is 468 g/mol. The number of hydrogen-bond acceptors (Lipinski definition) is 3. The molecule has 3 rings (SSSR count). The van der Waals surface area contributed by atoms with E-state index >= 15 is 0 Å². The summed E-state index contributed by atoms with van der Waals surface area (Å²) < 4.78 is 34.0. The maximum atomic E-state index is 12.6. The third kappa shape index (κ3) is 5.41. The van der Waals surface area contributed by atoms with E-state index in [1.54, 1.807) is 12.1 Å². The van der Waals surface area contributed by atoms with Crippen LogP contribution in [0.4, 0.5) is 0 Å². The van der Waals surface area contributed by atoms with Crippen LogP contribution in [0.1, 0.15) is 11.1 Å². The first-order valence-electron chi connectivity index (χ1n) is 8.03. The van der Waals surface area contributed by atoms with E-state index in [2.05, 4.69) is 4.72 Å². The van der Waals surface area contributed by atoms with Crippen LogP contribution in [0.3, 0.4) is 0 Å².